The summed E-state index contributed by atoms with van der Waals surface area (Å²) in [6.45, 7) is 3.54. The molecule has 2 atom stereocenters. The summed E-state index contributed by atoms with van der Waals surface area (Å²) in [6, 6.07) is 6.25. The molecule has 13 heteroatoms. The number of halogens is 4. The number of rotatable bonds is 6. The van der Waals surface area contributed by atoms with Crippen molar-refractivity contribution in [2.45, 2.75) is 44.6 Å². The third-order valence-electron chi connectivity index (χ3n) is 6.30. The van der Waals surface area contributed by atoms with E-state index in [0.29, 0.717) is 22.2 Å². The van der Waals surface area contributed by atoms with Crippen LogP contribution in [0, 0.1) is 5.82 Å². The third-order valence-corrected chi connectivity index (χ3v) is 6.30. The number of amides is 1. The first-order valence-electron chi connectivity index (χ1n) is 11.9. The minimum atomic E-state index is -4.61. The molecule has 3 aromatic heterocycles. The van der Waals surface area contributed by atoms with E-state index in [-0.39, 0.29) is 42.8 Å². The van der Waals surface area contributed by atoms with Gasteiger partial charge in [-0.05, 0) is 44.0 Å². The van der Waals surface area contributed by atoms with E-state index in [4.69, 9.17) is 9.84 Å². The maximum absolute atomic E-state index is 14.4. The monoisotopic (exact) mass is 532 g/mol. The first-order chi connectivity index (χ1) is 18.0. The molecular formula is C25H24F4N6O3. The Balaban J connectivity index is 1.53. The molecule has 0 radical (unpaired) electrons. The zero-order chi connectivity index (χ0) is 27.2. The number of alkyl halides is 3. The van der Waals surface area contributed by atoms with Gasteiger partial charge in [0, 0.05) is 36.8 Å². The molecule has 5 rings (SSSR count). The highest BCUT2D eigenvalue weighted by atomic mass is 19.4. The zero-order valence-corrected chi connectivity index (χ0v) is 20.4. The number of aromatic nitrogens is 4. The van der Waals surface area contributed by atoms with Crippen LogP contribution in [0.1, 0.15) is 31.9 Å². The summed E-state index contributed by atoms with van der Waals surface area (Å²) in [4.78, 5) is 16.7. The Morgan fingerprint density at radius 3 is 2.68 bits per heavy atom. The first-order valence-corrected chi connectivity index (χ1v) is 11.9. The molecule has 1 aliphatic heterocycles. The van der Waals surface area contributed by atoms with Gasteiger partial charge in [-0.25, -0.2) is 14.2 Å². The molecule has 0 bridgehead atoms. The number of hydrogen-bond acceptors (Lipinski definition) is 6. The Kier molecular flexibility index (Phi) is 6.55. The number of nitrogens with one attached hydrogen (secondary N) is 1. The van der Waals surface area contributed by atoms with Gasteiger partial charge >= 0.3 is 12.3 Å². The topological polar surface area (TPSA) is 105 Å². The van der Waals surface area contributed by atoms with E-state index in [1.54, 1.807) is 26.0 Å². The van der Waals surface area contributed by atoms with Gasteiger partial charge in [-0.2, -0.15) is 13.2 Å². The standard InChI is InChI=1S/C25H24F4N6O3/c1-13(2)38-20-10-19-14(9-17(20)26)3-5-18(31-19)23-33-32-21-6-4-15(11-35(21)23)22(25(27,28)29)34-8-7-16(12-34)30-24(36)37/h3-6,9-11,13,16,22,30H,7-8,12H2,1-2H3,(H,36,37)/t16-,22+/m0/s1. The molecule has 200 valence electrons. The first kappa shape index (κ1) is 25.6. The van der Waals surface area contributed by atoms with Gasteiger partial charge in [0.1, 0.15) is 11.7 Å². The molecule has 1 fully saturated rings. The molecule has 2 N–H and O–H groups in total. The predicted octanol–water partition coefficient (Wildman–Crippen LogP) is 4.82. The summed E-state index contributed by atoms with van der Waals surface area (Å²) in [7, 11) is 0. The molecule has 0 aliphatic carbocycles. The Hall–Kier alpha value is -4.00. The highest BCUT2D eigenvalue weighted by molar-refractivity contribution is 5.82. The van der Waals surface area contributed by atoms with Crippen molar-refractivity contribution in [3.63, 3.8) is 0 Å². The number of nitrogens with zero attached hydrogens (tertiary/aromatic N) is 5. The molecule has 1 saturated heterocycles. The van der Waals surface area contributed by atoms with Crippen molar-refractivity contribution >= 4 is 22.6 Å². The number of fused-ring (bicyclic) bond motifs is 2. The third kappa shape index (κ3) is 5.05. The lowest BCUT2D eigenvalue weighted by molar-refractivity contribution is -0.184. The normalized spacial score (nSPS) is 17.4. The molecular weight excluding hydrogens is 508 g/mol. The van der Waals surface area contributed by atoms with Crippen LogP contribution in [0.15, 0.2) is 42.6 Å². The zero-order valence-electron chi connectivity index (χ0n) is 20.4. The van der Waals surface area contributed by atoms with Crippen LogP contribution in [0.3, 0.4) is 0 Å². The van der Waals surface area contributed by atoms with Gasteiger partial charge in [0.2, 0.25) is 0 Å². The van der Waals surface area contributed by atoms with Gasteiger partial charge in [0.15, 0.2) is 23.0 Å². The Labute approximate surface area is 214 Å². The lowest BCUT2D eigenvalue weighted by Gasteiger charge is -2.30. The smallest absolute Gasteiger partial charge is 0.408 e. The predicted molar refractivity (Wildman–Crippen MR) is 129 cm³/mol. The number of hydrogen-bond donors (Lipinski definition) is 2. The summed E-state index contributed by atoms with van der Waals surface area (Å²) < 4.78 is 64.1. The van der Waals surface area contributed by atoms with E-state index in [9.17, 15) is 22.4 Å². The van der Waals surface area contributed by atoms with Gasteiger partial charge in [-0.15, -0.1) is 10.2 Å². The average Bonchev–Trinajstić information content (AvgIpc) is 3.44. The minimum Gasteiger partial charge on any atom is -0.488 e. The van der Waals surface area contributed by atoms with Crippen LogP contribution in [0.25, 0.3) is 28.1 Å². The van der Waals surface area contributed by atoms with Crippen LogP contribution in [-0.4, -0.2) is 67.1 Å². The van der Waals surface area contributed by atoms with Crippen molar-refractivity contribution in [3.05, 3.63) is 54.0 Å². The molecule has 4 aromatic rings. The quantitative estimate of drug-likeness (QED) is 0.343. The molecule has 0 saturated carbocycles. The van der Waals surface area contributed by atoms with Gasteiger partial charge in [0.05, 0.1) is 11.6 Å². The van der Waals surface area contributed by atoms with Crippen molar-refractivity contribution in [1.29, 1.82) is 0 Å². The Morgan fingerprint density at radius 2 is 1.97 bits per heavy atom. The van der Waals surface area contributed by atoms with E-state index >= 15 is 0 Å². The maximum Gasteiger partial charge on any atom is 0.408 e. The second-order valence-corrected chi connectivity index (χ2v) is 9.43. The molecule has 38 heavy (non-hydrogen) atoms. The molecule has 1 aromatic carbocycles. The molecule has 0 unspecified atom stereocenters. The van der Waals surface area contributed by atoms with Crippen LogP contribution in [0.4, 0.5) is 22.4 Å². The fourth-order valence-electron chi connectivity index (χ4n) is 4.76. The highest BCUT2D eigenvalue weighted by Crippen LogP contribution is 2.40. The Bertz CT molecular complexity index is 1510. The van der Waals surface area contributed by atoms with Crippen LogP contribution in [-0.2, 0) is 0 Å². The molecule has 9 nitrogen and oxygen atoms in total. The lowest BCUT2D eigenvalue weighted by Crippen LogP contribution is -2.40. The molecule has 4 heterocycles. The van der Waals surface area contributed by atoms with Crippen molar-refractivity contribution in [2.24, 2.45) is 0 Å². The van der Waals surface area contributed by atoms with Gasteiger partial charge < -0.3 is 15.2 Å². The number of pyridine rings is 2. The summed E-state index contributed by atoms with van der Waals surface area (Å²) in [5.41, 5.74) is 1.04. The number of likely N-dealkylation sites (tertiary alicyclic amines) is 1. The van der Waals surface area contributed by atoms with Crippen LogP contribution in [0.5, 0.6) is 5.75 Å². The average molecular weight is 532 g/mol. The summed E-state index contributed by atoms with van der Waals surface area (Å²) in [6.07, 6.45) is -4.55. The van der Waals surface area contributed by atoms with Crippen molar-refractivity contribution in [2.75, 3.05) is 13.1 Å². The maximum atomic E-state index is 14.4. The fourth-order valence-corrected chi connectivity index (χ4v) is 4.76. The van der Waals surface area contributed by atoms with Gasteiger partial charge in [-0.1, -0.05) is 12.1 Å². The van der Waals surface area contributed by atoms with Crippen molar-refractivity contribution in [1.82, 2.24) is 29.8 Å². The van der Waals surface area contributed by atoms with Crippen LogP contribution < -0.4 is 10.1 Å². The SMILES string of the molecule is CC(C)Oc1cc2nc(-c3nnc4ccc([C@@H](N5CC[C@H](NC(=O)O)C5)C(F)(F)F)cn34)ccc2cc1F. The van der Waals surface area contributed by atoms with E-state index in [0.717, 1.165) is 0 Å². The minimum absolute atomic E-state index is 0.0415. The van der Waals surface area contributed by atoms with E-state index in [1.807, 2.05) is 0 Å². The number of benzene rings is 1. The lowest BCUT2D eigenvalue weighted by atomic mass is 10.1. The summed E-state index contributed by atoms with van der Waals surface area (Å²) in [5.74, 6) is -0.272. The van der Waals surface area contributed by atoms with E-state index in [2.05, 4.69) is 20.5 Å². The molecule has 1 aliphatic rings. The number of carboxylic acid groups (broad SMARTS) is 1. The molecule has 1 amide bonds. The second kappa shape index (κ2) is 9.71. The van der Waals surface area contributed by atoms with E-state index in [1.165, 1.54) is 39.8 Å². The fraction of sp³-hybridized carbons (Fsp3) is 0.360. The van der Waals surface area contributed by atoms with Gasteiger partial charge in [0.25, 0.3) is 0 Å². The van der Waals surface area contributed by atoms with Crippen molar-refractivity contribution < 1.29 is 32.2 Å². The molecule has 0 spiro atoms. The van der Waals surface area contributed by atoms with Crippen LogP contribution in [0.2, 0.25) is 0 Å². The number of carbonyl (C=O) groups is 1. The number of ether oxygens (including phenoxy) is 1. The largest absolute Gasteiger partial charge is 0.488 e. The van der Waals surface area contributed by atoms with Crippen molar-refractivity contribution in [3.8, 4) is 17.3 Å². The summed E-state index contributed by atoms with van der Waals surface area (Å²) >= 11 is 0. The highest BCUT2D eigenvalue weighted by Gasteiger charge is 2.47. The Morgan fingerprint density at radius 1 is 1.18 bits per heavy atom. The van der Waals surface area contributed by atoms with Gasteiger partial charge in [-0.3, -0.25) is 9.30 Å². The van der Waals surface area contributed by atoms with E-state index < -0.39 is 30.2 Å². The van der Waals surface area contributed by atoms with Crippen LogP contribution >= 0.6 is 0 Å². The summed E-state index contributed by atoms with van der Waals surface area (Å²) in [5, 5.41) is 19.9. The second-order valence-electron chi connectivity index (χ2n) is 9.43.